The largest absolute Gasteiger partial charge is 0.478 e. The third-order valence-corrected chi connectivity index (χ3v) is 3.29. The molecule has 106 valence electrons. The number of aromatic nitrogens is 3. The highest BCUT2D eigenvalue weighted by Crippen LogP contribution is 2.17. The van der Waals surface area contributed by atoms with E-state index in [1.165, 1.54) is 18.2 Å². The van der Waals surface area contributed by atoms with Crippen molar-refractivity contribution in [2.75, 3.05) is 0 Å². The molecule has 21 heavy (non-hydrogen) atoms. The van der Waals surface area contributed by atoms with Gasteiger partial charge in [0.2, 0.25) is 0 Å². The maximum Gasteiger partial charge on any atom is 0.337 e. The van der Waals surface area contributed by atoms with Crippen molar-refractivity contribution < 1.29 is 14.3 Å². The fourth-order valence-corrected chi connectivity index (χ4v) is 2.25. The van der Waals surface area contributed by atoms with Gasteiger partial charge in [-0.3, -0.25) is 0 Å². The molecule has 0 bridgehead atoms. The number of carboxylic acids is 1. The Morgan fingerprint density at radius 3 is 2.67 bits per heavy atom. The molecule has 0 aliphatic heterocycles. The van der Waals surface area contributed by atoms with Crippen molar-refractivity contribution in [3.05, 3.63) is 59.4 Å². The van der Waals surface area contributed by atoms with Crippen LogP contribution in [0.5, 0.6) is 0 Å². The monoisotopic (exact) mass is 285 g/mol. The van der Waals surface area contributed by atoms with E-state index >= 15 is 0 Å². The van der Waals surface area contributed by atoms with Crippen LogP contribution in [-0.4, -0.2) is 26.1 Å². The lowest BCUT2D eigenvalue weighted by molar-refractivity contribution is 0.0698. The van der Waals surface area contributed by atoms with E-state index in [-0.39, 0.29) is 11.4 Å². The SMILES string of the molecule is O=C(O)c1cccc2nnn(CCc3ccc(F)cc3)c12. The summed E-state index contributed by atoms with van der Waals surface area (Å²) in [4.78, 5) is 11.3. The molecule has 0 saturated heterocycles. The Hall–Kier alpha value is -2.76. The number of carboxylic acid groups (broad SMARTS) is 1. The molecule has 0 unspecified atom stereocenters. The van der Waals surface area contributed by atoms with Gasteiger partial charge in [-0.1, -0.05) is 23.4 Å². The highest BCUT2D eigenvalue weighted by atomic mass is 19.1. The molecule has 0 aliphatic carbocycles. The van der Waals surface area contributed by atoms with E-state index in [0.717, 1.165) is 5.56 Å². The standard InChI is InChI=1S/C15H12FN3O2/c16-11-6-4-10(5-7-11)8-9-19-14-12(15(20)21)2-1-3-13(14)17-18-19/h1-7H,8-9H2,(H,20,21). The van der Waals surface area contributed by atoms with E-state index in [1.54, 1.807) is 28.9 Å². The molecule has 0 spiro atoms. The van der Waals surface area contributed by atoms with Crippen LogP contribution >= 0.6 is 0 Å². The highest BCUT2D eigenvalue weighted by Gasteiger charge is 2.14. The first-order chi connectivity index (χ1) is 10.1. The molecule has 3 rings (SSSR count). The van der Waals surface area contributed by atoms with Gasteiger partial charge in [0.25, 0.3) is 0 Å². The average molecular weight is 285 g/mol. The van der Waals surface area contributed by atoms with Gasteiger partial charge >= 0.3 is 5.97 Å². The Labute approximate surface area is 119 Å². The molecule has 1 aromatic heterocycles. The third-order valence-electron chi connectivity index (χ3n) is 3.29. The number of nitrogens with zero attached hydrogens (tertiary/aromatic N) is 3. The van der Waals surface area contributed by atoms with Crippen molar-refractivity contribution in [2.24, 2.45) is 0 Å². The Balaban J connectivity index is 1.90. The minimum Gasteiger partial charge on any atom is -0.478 e. The van der Waals surface area contributed by atoms with Crippen molar-refractivity contribution in [1.29, 1.82) is 0 Å². The van der Waals surface area contributed by atoms with Gasteiger partial charge in [0.1, 0.15) is 16.9 Å². The van der Waals surface area contributed by atoms with Crippen molar-refractivity contribution in [2.45, 2.75) is 13.0 Å². The molecule has 0 atom stereocenters. The molecule has 0 radical (unpaired) electrons. The van der Waals surface area contributed by atoms with Crippen LogP contribution in [0.4, 0.5) is 4.39 Å². The number of rotatable bonds is 4. The van der Waals surface area contributed by atoms with Crippen molar-refractivity contribution in [1.82, 2.24) is 15.0 Å². The van der Waals surface area contributed by atoms with Crippen molar-refractivity contribution >= 4 is 17.0 Å². The van der Waals surface area contributed by atoms with Crippen molar-refractivity contribution in [3.63, 3.8) is 0 Å². The fraction of sp³-hybridized carbons (Fsp3) is 0.133. The average Bonchev–Trinajstić information content (AvgIpc) is 2.90. The molecular weight excluding hydrogens is 273 g/mol. The quantitative estimate of drug-likeness (QED) is 0.799. The Bertz CT molecular complexity index is 796. The maximum atomic E-state index is 12.9. The number of para-hydroxylation sites is 1. The molecule has 0 aliphatic rings. The molecule has 2 aromatic carbocycles. The number of fused-ring (bicyclic) bond motifs is 1. The van der Waals surface area contributed by atoms with Gasteiger partial charge in [-0.25, -0.2) is 13.9 Å². The summed E-state index contributed by atoms with van der Waals surface area (Å²) in [6.07, 6.45) is 0.618. The third kappa shape index (κ3) is 2.60. The summed E-state index contributed by atoms with van der Waals surface area (Å²) in [5.74, 6) is -1.29. The molecule has 0 amide bonds. The van der Waals surface area contributed by atoms with Crippen LogP contribution in [0, 0.1) is 5.82 Å². The number of hydrogen-bond acceptors (Lipinski definition) is 3. The number of benzene rings is 2. The number of halogens is 1. The molecule has 0 fully saturated rings. The van der Waals surface area contributed by atoms with Gasteiger partial charge < -0.3 is 5.11 Å². The van der Waals surface area contributed by atoms with Gasteiger partial charge in [0, 0.05) is 6.54 Å². The lowest BCUT2D eigenvalue weighted by Crippen LogP contribution is -2.07. The van der Waals surface area contributed by atoms with E-state index in [0.29, 0.717) is 24.0 Å². The number of hydrogen-bond donors (Lipinski definition) is 1. The first kappa shape index (κ1) is 13.2. The first-order valence-corrected chi connectivity index (χ1v) is 6.45. The summed E-state index contributed by atoms with van der Waals surface area (Å²) in [7, 11) is 0. The van der Waals surface area contributed by atoms with Crippen LogP contribution in [0.3, 0.4) is 0 Å². The number of carbonyl (C=O) groups is 1. The molecule has 6 heteroatoms. The Morgan fingerprint density at radius 1 is 1.19 bits per heavy atom. The Morgan fingerprint density at radius 2 is 1.95 bits per heavy atom. The highest BCUT2D eigenvalue weighted by molar-refractivity contribution is 6.00. The zero-order valence-electron chi connectivity index (χ0n) is 11.0. The minimum absolute atomic E-state index is 0.177. The van der Waals surface area contributed by atoms with E-state index < -0.39 is 5.97 Å². The Kier molecular flexibility index (Phi) is 3.35. The van der Waals surface area contributed by atoms with Crippen LogP contribution in [0.1, 0.15) is 15.9 Å². The summed E-state index contributed by atoms with van der Waals surface area (Å²) in [6.45, 7) is 0.479. The summed E-state index contributed by atoms with van der Waals surface area (Å²) in [5.41, 5.74) is 2.19. The predicted molar refractivity (Wildman–Crippen MR) is 74.6 cm³/mol. The van der Waals surface area contributed by atoms with Crippen LogP contribution < -0.4 is 0 Å². The fourth-order valence-electron chi connectivity index (χ4n) is 2.25. The molecule has 1 N–H and O–H groups in total. The maximum absolute atomic E-state index is 12.9. The lowest BCUT2D eigenvalue weighted by Gasteiger charge is -2.05. The van der Waals surface area contributed by atoms with E-state index in [1.807, 2.05) is 0 Å². The van der Waals surface area contributed by atoms with Crippen LogP contribution in [0.2, 0.25) is 0 Å². The van der Waals surface area contributed by atoms with Gasteiger partial charge in [-0.15, -0.1) is 5.10 Å². The molecule has 5 nitrogen and oxygen atoms in total. The van der Waals surface area contributed by atoms with Gasteiger partial charge in [-0.2, -0.15) is 0 Å². The molecule has 1 heterocycles. The van der Waals surface area contributed by atoms with Crippen LogP contribution in [0.15, 0.2) is 42.5 Å². The molecule has 3 aromatic rings. The zero-order valence-corrected chi connectivity index (χ0v) is 11.0. The van der Waals surface area contributed by atoms with Gasteiger partial charge in [-0.05, 0) is 36.2 Å². The number of aromatic carboxylic acids is 1. The topological polar surface area (TPSA) is 68.0 Å². The summed E-state index contributed by atoms with van der Waals surface area (Å²) in [6, 6.07) is 11.1. The first-order valence-electron chi connectivity index (χ1n) is 6.45. The summed E-state index contributed by atoms with van der Waals surface area (Å²) < 4.78 is 14.4. The smallest absolute Gasteiger partial charge is 0.337 e. The predicted octanol–water partition coefficient (Wildman–Crippen LogP) is 2.51. The number of aryl methyl sites for hydroxylation is 2. The van der Waals surface area contributed by atoms with Gasteiger partial charge in [0.15, 0.2) is 0 Å². The lowest BCUT2D eigenvalue weighted by atomic mass is 10.1. The van der Waals surface area contributed by atoms with Crippen LogP contribution in [-0.2, 0) is 13.0 Å². The molecular formula is C15H12FN3O2. The van der Waals surface area contributed by atoms with Gasteiger partial charge in [0.05, 0.1) is 5.56 Å². The second-order valence-corrected chi connectivity index (χ2v) is 4.67. The molecule has 0 saturated carbocycles. The second kappa shape index (κ2) is 5.32. The minimum atomic E-state index is -1.01. The van der Waals surface area contributed by atoms with Crippen LogP contribution in [0.25, 0.3) is 11.0 Å². The van der Waals surface area contributed by atoms with E-state index in [9.17, 15) is 14.3 Å². The summed E-state index contributed by atoms with van der Waals surface area (Å²) >= 11 is 0. The summed E-state index contributed by atoms with van der Waals surface area (Å²) in [5, 5.41) is 17.2. The zero-order chi connectivity index (χ0) is 14.8. The normalized spacial score (nSPS) is 10.9. The van der Waals surface area contributed by atoms with E-state index in [2.05, 4.69) is 10.3 Å². The second-order valence-electron chi connectivity index (χ2n) is 4.67. The van der Waals surface area contributed by atoms with E-state index in [4.69, 9.17) is 0 Å². The van der Waals surface area contributed by atoms with Crippen molar-refractivity contribution in [3.8, 4) is 0 Å².